The molecule has 1 rings (SSSR count). The molecule has 18 heavy (non-hydrogen) atoms. The minimum absolute atomic E-state index is 0.0119. The minimum atomic E-state index is -0.249. The van der Waals surface area contributed by atoms with Gasteiger partial charge in [0.1, 0.15) is 11.5 Å². The van der Waals surface area contributed by atoms with Gasteiger partial charge in [0.15, 0.2) is 5.78 Å². The maximum atomic E-state index is 12.1. The Morgan fingerprint density at radius 3 is 2.28 bits per heavy atom. The first-order valence-electron chi connectivity index (χ1n) is 5.78. The van der Waals surface area contributed by atoms with Crippen LogP contribution in [0.4, 0.5) is 0 Å². The SMILES string of the molecule is CCOc1cc(OCC)c(C(=O)C(C)Br)cc1Br. The Labute approximate surface area is 124 Å². The standard InChI is InChI=1S/C13H16Br2O3/c1-4-17-11-7-12(18-5-2)10(15)6-9(11)13(16)8(3)14/h6-8H,4-5H2,1-3H3. The third kappa shape index (κ3) is 3.72. The van der Waals surface area contributed by atoms with Gasteiger partial charge in [-0.1, -0.05) is 15.9 Å². The molecule has 0 N–H and O–H groups in total. The molecule has 5 heteroatoms. The number of ketones is 1. The van der Waals surface area contributed by atoms with Crippen LogP contribution in [-0.4, -0.2) is 23.8 Å². The molecule has 0 heterocycles. The van der Waals surface area contributed by atoms with Gasteiger partial charge in [-0.15, -0.1) is 0 Å². The molecule has 0 aliphatic heterocycles. The summed E-state index contributed by atoms with van der Waals surface area (Å²) in [6.07, 6.45) is 0. The van der Waals surface area contributed by atoms with Gasteiger partial charge in [0.05, 0.1) is 28.1 Å². The van der Waals surface area contributed by atoms with Crippen LogP contribution in [0.1, 0.15) is 31.1 Å². The van der Waals surface area contributed by atoms with E-state index in [2.05, 4.69) is 31.9 Å². The number of hydrogen-bond donors (Lipinski definition) is 0. The Kier molecular flexibility index (Phi) is 6.15. The predicted molar refractivity (Wildman–Crippen MR) is 79.2 cm³/mol. The van der Waals surface area contributed by atoms with Crippen molar-refractivity contribution in [3.8, 4) is 11.5 Å². The number of rotatable bonds is 6. The lowest BCUT2D eigenvalue weighted by Gasteiger charge is -2.14. The summed E-state index contributed by atoms with van der Waals surface area (Å²) in [5.74, 6) is 1.22. The molecule has 0 radical (unpaired) electrons. The van der Waals surface area contributed by atoms with Crippen LogP contribution in [0.25, 0.3) is 0 Å². The average Bonchev–Trinajstić information content (AvgIpc) is 2.32. The van der Waals surface area contributed by atoms with Crippen LogP contribution in [0.2, 0.25) is 0 Å². The van der Waals surface area contributed by atoms with Gasteiger partial charge in [0, 0.05) is 6.07 Å². The summed E-state index contributed by atoms with van der Waals surface area (Å²) in [5, 5.41) is 0. The van der Waals surface area contributed by atoms with Crippen molar-refractivity contribution in [3.05, 3.63) is 22.2 Å². The van der Waals surface area contributed by atoms with E-state index in [-0.39, 0.29) is 10.6 Å². The van der Waals surface area contributed by atoms with Crippen molar-refractivity contribution >= 4 is 37.6 Å². The second-order valence-corrected chi connectivity index (χ2v) is 5.85. The molecule has 0 saturated carbocycles. The second-order valence-electron chi connectivity index (χ2n) is 3.63. The predicted octanol–water partition coefficient (Wildman–Crippen LogP) is 4.21. The number of alkyl halides is 1. The van der Waals surface area contributed by atoms with Gasteiger partial charge < -0.3 is 9.47 Å². The van der Waals surface area contributed by atoms with Crippen molar-refractivity contribution in [2.24, 2.45) is 0 Å². The molecular formula is C13H16Br2O3. The number of ether oxygens (including phenoxy) is 2. The van der Waals surface area contributed by atoms with E-state index in [1.165, 1.54) is 0 Å². The van der Waals surface area contributed by atoms with E-state index < -0.39 is 0 Å². The average molecular weight is 380 g/mol. The third-order valence-electron chi connectivity index (χ3n) is 2.26. The van der Waals surface area contributed by atoms with Crippen LogP contribution in [0.15, 0.2) is 16.6 Å². The molecule has 100 valence electrons. The number of carbonyl (C=O) groups excluding carboxylic acids is 1. The molecule has 0 bridgehead atoms. The van der Waals surface area contributed by atoms with Crippen molar-refractivity contribution < 1.29 is 14.3 Å². The normalized spacial score (nSPS) is 12.1. The lowest BCUT2D eigenvalue weighted by atomic mass is 10.1. The zero-order valence-electron chi connectivity index (χ0n) is 10.6. The fourth-order valence-corrected chi connectivity index (χ4v) is 2.19. The monoisotopic (exact) mass is 378 g/mol. The first-order valence-corrected chi connectivity index (χ1v) is 7.49. The summed E-state index contributed by atoms with van der Waals surface area (Å²) in [5.41, 5.74) is 0.552. The Morgan fingerprint density at radius 2 is 1.78 bits per heavy atom. The van der Waals surface area contributed by atoms with E-state index in [0.29, 0.717) is 30.3 Å². The Balaban J connectivity index is 3.23. The van der Waals surface area contributed by atoms with Crippen LogP contribution < -0.4 is 9.47 Å². The van der Waals surface area contributed by atoms with E-state index in [4.69, 9.17) is 9.47 Å². The van der Waals surface area contributed by atoms with Crippen molar-refractivity contribution in [2.45, 2.75) is 25.6 Å². The molecule has 1 aromatic carbocycles. The lowest BCUT2D eigenvalue weighted by Crippen LogP contribution is -2.12. The number of carbonyl (C=O) groups is 1. The number of halogens is 2. The lowest BCUT2D eigenvalue weighted by molar-refractivity contribution is 0.0992. The topological polar surface area (TPSA) is 35.5 Å². The Hall–Kier alpha value is -0.550. The molecule has 0 amide bonds. The molecule has 1 aromatic rings. The van der Waals surface area contributed by atoms with Gasteiger partial charge in [-0.3, -0.25) is 4.79 Å². The van der Waals surface area contributed by atoms with Crippen molar-refractivity contribution in [2.75, 3.05) is 13.2 Å². The number of benzene rings is 1. The molecule has 0 aliphatic carbocycles. The molecule has 0 aromatic heterocycles. The van der Waals surface area contributed by atoms with Gasteiger partial charge in [-0.2, -0.15) is 0 Å². The summed E-state index contributed by atoms with van der Waals surface area (Å²) in [7, 11) is 0. The first kappa shape index (κ1) is 15.5. The highest BCUT2D eigenvalue weighted by molar-refractivity contribution is 9.10. The molecule has 1 unspecified atom stereocenters. The van der Waals surface area contributed by atoms with Crippen LogP contribution >= 0.6 is 31.9 Å². The molecule has 0 saturated heterocycles. The van der Waals surface area contributed by atoms with Gasteiger partial charge in [-0.05, 0) is 42.8 Å². The molecule has 0 aliphatic rings. The number of hydrogen-bond acceptors (Lipinski definition) is 3. The molecule has 0 spiro atoms. The van der Waals surface area contributed by atoms with Crippen LogP contribution in [0, 0.1) is 0 Å². The van der Waals surface area contributed by atoms with Crippen molar-refractivity contribution in [1.29, 1.82) is 0 Å². The summed E-state index contributed by atoms with van der Waals surface area (Å²) in [6, 6.07) is 3.50. The van der Waals surface area contributed by atoms with E-state index >= 15 is 0 Å². The summed E-state index contributed by atoms with van der Waals surface area (Å²) >= 11 is 6.69. The summed E-state index contributed by atoms with van der Waals surface area (Å²) in [6.45, 7) is 6.65. The maximum Gasteiger partial charge on any atom is 0.179 e. The Bertz CT molecular complexity index is 430. The quantitative estimate of drug-likeness (QED) is 0.548. The van der Waals surface area contributed by atoms with E-state index in [0.717, 1.165) is 4.47 Å². The largest absolute Gasteiger partial charge is 0.493 e. The molecular weight excluding hydrogens is 364 g/mol. The first-order chi connectivity index (χ1) is 8.51. The maximum absolute atomic E-state index is 12.1. The van der Waals surface area contributed by atoms with Crippen LogP contribution in [-0.2, 0) is 0 Å². The summed E-state index contributed by atoms with van der Waals surface area (Å²) < 4.78 is 11.7. The zero-order chi connectivity index (χ0) is 13.7. The Morgan fingerprint density at radius 1 is 1.22 bits per heavy atom. The van der Waals surface area contributed by atoms with Crippen LogP contribution in [0.3, 0.4) is 0 Å². The van der Waals surface area contributed by atoms with Gasteiger partial charge in [-0.25, -0.2) is 0 Å². The van der Waals surface area contributed by atoms with Crippen molar-refractivity contribution in [3.63, 3.8) is 0 Å². The highest BCUT2D eigenvalue weighted by Crippen LogP contribution is 2.34. The highest BCUT2D eigenvalue weighted by atomic mass is 79.9. The van der Waals surface area contributed by atoms with E-state index in [1.54, 1.807) is 19.1 Å². The third-order valence-corrected chi connectivity index (χ3v) is 3.30. The molecule has 1 atom stereocenters. The van der Waals surface area contributed by atoms with Gasteiger partial charge in [0.2, 0.25) is 0 Å². The fraction of sp³-hybridized carbons (Fsp3) is 0.462. The molecule has 3 nitrogen and oxygen atoms in total. The van der Waals surface area contributed by atoms with E-state index in [1.807, 2.05) is 13.8 Å². The van der Waals surface area contributed by atoms with E-state index in [9.17, 15) is 4.79 Å². The van der Waals surface area contributed by atoms with Crippen molar-refractivity contribution in [1.82, 2.24) is 0 Å². The van der Waals surface area contributed by atoms with Gasteiger partial charge in [0.25, 0.3) is 0 Å². The number of Topliss-reactive ketones (excluding diaryl/α,β-unsaturated/α-hetero) is 1. The minimum Gasteiger partial charge on any atom is -0.493 e. The second kappa shape index (κ2) is 7.14. The smallest absolute Gasteiger partial charge is 0.179 e. The summed E-state index contributed by atoms with van der Waals surface area (Å²) in [4.78, 5) is 11.8. The highest BCUT2D eigenvalue weighted by Gasteiger charge is 2.19. The fourth-order valence-electron chi connectivity index (χ4n) is 1.48. The molecule has 0 fully saturated rings. The van der Waals surface area contributed by atoms with Gasteiger partial charge >= 0.3 is 0 Å². The zero-order valence-corrected chi connectivity index (χ0v) is 13.8. The van der Waals surface area contributed by atoms with Crippen LogP contribution in [0.5, 0.6) is 11.5 Å².